The monoisotopic (exact) mass is 312 g/mol. The van der Waals surface area contributed by atoms with Crippen LogP contribution in [0.1, 0.15) is 19.8 Å². The molecule has 1 aromatic carbocycles. The van der Waals surface area contributed by atoms with Crippen LogP contribution in [0.3, 0.4) is 0 Å². The van der Waals surface area contributed by atoms with Gasteiger partial charge in [-0.2, -0.15) is 0 Å². The van der Waals surface area contributed by atoms with Gasteiger partial charge in [-0.1, -0.05) is 24.9 Å². The summed E-state index contributed by atoms with van der Waals surface area (Å²) in [5.41, 5.74) is 0.508. The molecule has 1 unspecified atom stereocenters. The number of benzene rings is 1. The molecule has 0 radical (unpaired) electrons. The fourth-order valence-corrected chi connectivity index (χ4v) is 2.27. The normalized spacial score (nSPS) is 12.3. The van der Waals surface area contributed by atoms with Gasteiger partial charge in [-0.05, 0) is 34.5 Å². The van der Waals surface area contributed by atoms with Crippen LogP contribution in [0.25, 0.3) is 11.4 Å². The average molecular weight is 313 g/mol. The number of aromatic nitrogens is 4. The van der Waals surface area contributed by atoms with Crippen molar-refractivity contribution in [1.29, 1.82) is 0 Å². The van der Waals surface area contributed by atoms with Crippen LogP contribution >= 0.6 is 11.6 Å². The lowest BCUT2D eigenvalue weighted by Gasteiger charge is -2.13. The lowest BCUT2D eigenvalue weighted by molar-refractivity contribution is -0.138. The lowest BCUT2D eigenvalue weighted by atomic mass is 10.0. The Balaban J connectivity index is 2.27. The van der Waals surface area contributed by atoms with E-state index in [2.05, 4.69) is 15.5 Å². The predicted octanol–water partition coefficient (Wildman–Crippen LogP) is 2.63. The molecule has 0 aliphatic rings. The Hall–Kier alpha value is -2.02. The third kappa shape index (κ3) is 3.75. The van der Waals surface area contributed by atoms with Gasteiger partial charge in [0.1, 0.15) is 5.82 Å². The van der Waals surface area contributed by atoms with Crippen LogP contribution < -0.4 is 0 Å². The van der Waals surface area contributed by atoms with E-state index in [1.165, 1.54) is 22.9 Å². The number of nitrogens with zero attached hydrogens (tertiary/aromatic N) is 4. The summed E-state index contributed by atoms with van der Waals surface area (Å²) in [6.45, 7) is 2.27. The molecule has 0 fully saturated rings. The number of carbonyl (C=O) groups is 1. The van der Waals surface area contributed by atoms with Crippen molar-refractivity contribution in [3.8, 4) is 11.4 Å². The number of aliphatic carboxylic acids is 1. The lowest BCUT2D eigenvalue weighted by Crippen LogP contribution is -2.16. The summed E-state index contributed by atoms with van der Waals surface area (Å²) in [6, 6.07) is 3.96. The number of hydrogen-bond donors (Lipinski definition) is 1. The van der Waals surface area contributed by atoms with Crippen LogP contribution in [-0.4, -0.2) is 31.3 Å². The number of hydrogen-bond acceptors (Lipinski definition) is 4. The van der Waals surface area contributed by atoms with E-state index >= 15 is 0 Å². The van der Waals surface area contributed by atoms with Gasteiger partial charge in [-0.3, -0.25) is 4.79 Å². The minimum Gasteiger partial charge on any atom is -0.481 e. The van der Waals surface area contributed by atoms with Gasteiger partial charge in [0.25, 0.3) is 0 Å². The molecule has 1 atom stereocenters. The van der Waals surface area contributed by atoms with Crippen molar-refractivity contribution in [2.24, 2.45) is 5.92 Å². The van der Waals surface area contributed by atoms with Crippen molar-refractivity contribution in [3.63, 3.8) is 0 Å². The molecule has 112 valence electrons. The highest BCUT2D eigenvalue weighted by Gasteiger charge is 2.18. The molecule has 6 nitrogen and oxygen atoms in total. The molecule has 0 bridgehead atoms. The fourth-order valence-electron chi connectivity index (χ4n) is 2.02. The van der Waals surface area contributed by atoms with Crippen LogP contribution in [-0.2, 0) is 11.3 Å². The molecular weight excluding hydrogens is 299 g/mol. The largest absolute Gasteiger partial charge is 0.481 e. The maximum atomic E-state index is 13.1. The van der Waals surface area contributed by atoms with Crippen LogP contribution in [0.5, 0.6) is 0 Å². The third-order valence-electron chi connectivity index (χ3n) is 3.18. The Bertz CT molecular complexity index is 647. The standard InChI is InChI=1S/C13H14ClFN4O2/c1-2-8(5-12(20)21)7-19-13(16-17-18-19)10-4-3-9(15)6-11(10)14/h3-4,6,8H,2,5,7H2,1H3,(H,20,21). The maximum absolute atomic E-state index is 13.1. The van der Waals surface area contributed by atoms with E-state index < -0.39 is 11.8 Å². The van der Waals surface area contributed by atoms with Gasteiger partial charge >= 0.3 is 5.97 Å². The highest BCUT2D eigenvalue weighted by Crippen LogP contribution is 2.27. The SMILES string of the molecule is CCC(CC(=O)O)Cn1nnnc1-c1ccc(F)cc1Cl. The first-order valence-corrected chi connectivity index (χ1v) is 6.82. The van der Waals surface area contributed by atoms with Crippen LogP contribution in [0.4, 0.5) is 4.39 Å². The van der Waals surface area contributed by atoms with Crippen molar-refractivity contribution in [1.82, 2.24) is 20.2 Å². The molecule has 0 aliphatic heterocycles. The zero-order valence-corrected chi connectivity index (χ0v) is 12.1. The Labute approximate surface area is 125 Å². The van der Waals surface area contributed by atoms with Crippen molar-refractivity contribution in [3.05, 3.63) is 29.0 Å². The van der Waals surface area contributed by atoms with Crippen molar-refractivity contribution < 1.29 is 14.3 Å². The molecule has 2 rings (SSSR count). The molecule has 1 heterocycles. The van der Waals surface area contributed by atoms with E-state index in [1.807, 2.05) is 6.92 Å². The number of carboxylic acid groups (broad SMARTS) is 1. The van der Waals surface area contributed by atoms with Gasteiger partial charge in [0.15, 0.2) is 5.82 Å². The van der Waals surface area contributed by atoms with E-state index in [0.717, 1.165) is 0 Å². The highest BCUT2D eigenvalue weighted by atomic mass is 35.5. The smallest absolute Gasteiger partial charge is 0.303 e. The first-order valence-electron chi connectivity index (χ1n) is 6.44. The van der Waals surface area contributed by atoms with Crippen LogP contribution in [0.15, 0.2) is 18.2 Å². The molecule has 0 saturated heterocycles. The van der Waals surface area contributed by atoms with Crippen molar-refractivity contribution >= 4 is 17.6 Å². The predicted molar refractivity (Wildman–Crippen MR) is 74.3 cm³/mol. The minimum absolute atomic E-state index is 0.0347. The number of tetrazole rings is 1. The van der Waals surface area contributed by atoms with Gasteiger partial charge < -0.3 is 5.11 Å². The summed E-state index contributed by atoms with van der Waals surface area (Å²) < 4.78 is 14.6. The summed E-state index contributed by atoms with van der Waals surface area (Å²) in [5, 5.41) is 20.4. The summed E-state index contributed by atoms with van der Waals surface area (Å²) >= 11 is 6.00. The number of halogens is 2. The Morgan fingerprint density at radius 3 is 2.90 bits per heavy atom. The van der Waals surface area contributed by atoms with E-state index in [9.17, 15) is 9.18 Å². The van der Waals surface area contributed by atoms with Gasteiger partial charge in [0.2, 0.25) is 0 Å². The molecule has 2 aromatic rings. The second-order valence-electron chi connectivity index (χ2n) is 4.68. The summed E-state index contributed by atoms with van der Waals surface area (Å²) in [6.07, 6.45) is 0.718. The van der Waals surface area contributed by atoms with E-state index in [0.29, 0.717) is 24.4 Å². The maximum Gasteiger partial charge on any atom is 0.303 e. The molecule has 21 heavy (non-hydrogen) atoms. The van der Waals surface area contributed by atoms with Crippen LogP contribution in [0, 0.1) is 11.7 Å². The number of carboxylic acids is 1. The highest BCUT2D eigenvalue weighted by molar-refractivity contribution is 6.33. The van der Waals surface area contributed by atoms with E-state index in [4.69, 9.17) is 16.7 Å². The summed E-state index contributed by atoms with van der Waals surface area (Å²) in [5.74, 6) is -1.01. The quantitative estimate of drug-likeness (QED) is 0.886. The van der Waals surface area contributed by atoms with E-state index in [1.54, 1.807) is 0 Å². The second kappa shape index (κ2) is 6.62. The van der Waals surface area contributed by atoms with Crippen LogP contribution in [0.2, 0.25) is 5.02 Å². The number of rotatable bonds is 6. The van der Waals surface area contributed by atoms with Gasteiger partial charge in [0, 0.05) is 18.5 Å². The average Bonchev–Trinajstić information content (AvgIpc) is 2.85. The van der Waals surface area contributed by atoms with Crippen molar-refractivity contribution in [2.45, 2.75) is 26.3 Å². The molecule has 1 aromatic heterocycles. The molecule has 1 N–H and O–H groups in total. The fraction of sp³-hybridized carbons (Fsp3) is 0.385. The topological polar surface area (TPSA) is 80.9 Å². The van der Waals surface area contributed by atoms with Gasteiger partial charge in [-0.15, -0.1) is 5.10 Å². The van der Waals surface area contributed by atoms with Crippen molar-refractivity contribution in [2.75, 3.05) is 0 Å². The zero-order chi connectivity index (χ0) is 15.4. The first-order chi connectivity index (χ1) is 10.0. The zero-order valence-electron chi connectivity index (χ0n) is 11.3. The van der Waals surface area contributed by atoms with Gasteiger partial charge in [0.05, 0.1) is 5.02 Å². The van der Waals surface area contributed by atoms with E-state index in [-0.39, 0.29) is 17.4 Å². The molecule has 0 spiro atoms. The third-order valence-corrected chi connectivity index (χ3v) is 3.49. The molecule has 0 aliphatic carbocycles. The second-order valence-corrected chi connectivity index (χ2v) is 5.09. The Morgan fingerprint density at radius 1 is 1.52 bits per heavy atom. The van der Waals surface area contributed by atoms with Gasteiger partial charge in [-0.25, -0.2) is 9.07 Å². The Morgan fingerprint density at radius 2 is 2.29 bits per heavy atom. The molecule has 8 heteroatoms. The summed E-state index contributed by atoms with van der Waals surface area (Å²) in [7, 11) is 0. The molecule has 0 saturated carbocycles. The first kappa shape index (κ1) is 15.4. The molecular formula is C13H14ClFN4O2. The minimum atomic E-state index is -0.865. The molecule has 0 amide bonds. The summed E-state index contributed by atoms with van der Waals surface area (Å²) in [4.78, 5) is 10.8. The Kier molecular flexibility index (Phi) is 4.85.